The number of carbonyl (C=O) groups is 2. The first kappa shape index (κ1) is 22.8. The molecule has 3 aromatic carbocycles. The first-order valence-corrected chi connectivity index (χ1v) is 12.3. The van der Waals surface area contributed by atoms with E-state index in [9.17, 15) is 9.59 Å². The van der Waals surface area contributed by atoms with Crippen LogP contribution in [0.25, 0.3) is 21.8 Å². The molecule has 1 aliphatic rings. The number of benzene rings is 3. The van der Waals surface area contributed by atoms with Gasteiger partial charge in [-0.2, -0.15) is 0 Å². The monoisotopic (exact) mass is 484 g/mol. The average Bonchev–Trinajstić information content (AvgIpc) is 3.38. The van der Waals surface area contributed by atoms with Crippen LogP contribution >= 0.6 is 11.3 Å². The van der Waals surface area contributed by atoms with Crippen LogP contribution in [0.5, 0.6) is 5.75 Å². The molecule has 4 aromatic rings. The minimum atomic E-state index is -0.686. The van der Waals surface area contributed by atoms with Gasteiger partial charge in [0.1, 0.15) is 17.3 Å². The van der Waals surface area contributed by atoms with Crippen LogP contribution in [0.2, 0.25) is 0 Å². The molecular formula is C28H24N2O4S. The maximum atomic E-state index is 12.9. The molecule has 1 aromatic heterocycles. The summed E-state index contributed by atoms with van der Waals surface area (Å²) in [6.07, 6.45) is -0.0663. The van der Waals surface area contributed by atoms with Gasteiger partial charge in [-0.3, -0.25) is 14.5 Å². The van der Waals surface area contributed by atoms with E-state index < -0.39 is 12.1 Å². The number of carbonyl (C=O) groups excluding carboxylic acids is 2. The number of hydrogen-bond acceptors (Lipinski definition) is 6. The van der Waals surface area contributed by atoms with Crippen molar-refractivity contribution in [1.29, 1.82) is 0 Å². The summed E-state index contributed by atoms with van der Waals surface area (Å²) in [5, 5.41) is 2.90. The summed E-state index contributed by atoms with van der Waals surface area (Å²) in [6.45, 7) is 1.76. The maximum absolute atomic E-state index is 12.9. The average molecular weight is 485 g/mol. The molecular weight excluding hydrogens is 460 g/mol. The summed E-state index contributed by atoms with van der Waals surface area (Å²) in [7, 11) is 0. The van der Waals surface area contributed by atoms with Crippen molar-refractivity contribution in [3.63, 3.8) is 0 Å². The summed E-state index contributed by atoms with van der Waals surface area (Å²) >= 11 is 1.56. The van der Waals surface area contributed by atoms with Crippen LogP contribution in [-0.4, -0.2) is 36.1 Å². The Morgan fingerprint density at radius 2 is 1.77 bits per heavy atom. The number of hydrogen-bond donors (Lipinski definition) is 0. The van der Waals surface area contributed by atoms with Crippen LogP contribution in [0.3, 0.4) is 0 Å². The van der Waals surface area contributed by atoms with Gasteiger partial charge in [0.05, 0.1) is 18.0 Å². The van der Waals surface area contributed by atoms with Crippen molar-refractivity contribution < 1.29 is 19.1 Å². The summed E-state index contributed by atoms with van der Waals surface area (Å²) in [5.41, 5.74) is 4.32. The van der Waals surface area contributed by atoms with Gasteiger partial charge in [-0.1, -0.05) is 60.7 Å². The SMILES string of the molecule is CC1Oc2ccc(-c3csc(-c4ccccc4)n3)cc2N(CC(=O)OCCc2ccccc2)C1=O. The zero-order chi connectivity index (χ0) is 24.2. The largest absolute Gasteiger partial charge is 0.479 e. The van der Waals surface area contributed by atoms with Gasteiger partial charge in [-0.15, -0.1) is 11.3 Å². The molecule has 0 radical (unpaired) electrons. The summed E-state index contributed by atoms with van der Waals surface area (Å²) in [4.78, 5) is 31.8. The zero-order valence-electron chi connectivity index (χ0n) is 19.2. The molecule has 6 nitrogen and oxygen atoms in total. The van der Waals surface area contributed by atoms with Crippen molar-refractivity contribution in [3.05, 3.63) is 89.8 Å². The second-order valence-electron chi connectivity index (χ2n) is 8.23. The molecule has 5 rings (SSSR count). The van der Waals surface area contributed by atoms with Crippen molar-refractivity contribution in [3.8, 4) is 27.6 Å². The van der Waals surface area contributed by atoms with Crippen LogP contribution in [0, 0.1) is 0 Å². The lowest BCUT2D eigenvalue weighted by Gasteiger charge is -2.32. The van der Waals surface area contributed by atoms with Crippen molar-refractivity contribution in [2.75, 3.05) is 18.1 Å². The molecule has 0 fully saturated rings. The van der Waals surface area contributed by atoms with Crippen molar-refractivity contribution in [2.24, 2.45) is 0 Å². The molecule has 0 N–H and O–H groups in total. The molecule has 0 spiro atoms. The number of nitrogens with zero attached hydrogens (tertiary/aromatic N) is 2. The lowest BCUT2D eigenvalue weighted by molar-refractivity contribution is -0.143. The van der Waals surface area contributed by atoms with Gasteiger partial charge >= 0.3 is 5.97 Å². The highest BCUT2D eigenvalue weighted by atomic mass is 32.1. The third-order valence-electron chi connectivity index (χ3n) is 5.77. The Hall–Kier alpha value is -3.97. The second-order valence-corrected chi connectivity index (χ2v) is 9.09. The van der Waals surface area contributed by atoms with Gasteiger partial charge in [0.2, 0.25) is 0 Å². The molecule has 2 heterocycles. The normalized spacial score (nSPS) is 14.8. The molecule has 0 saturated carbocycles. The van der Waals surface area contributed by atoms with E-state index >= 15 is 0 Å². The van der Waals surface area contributed by atoms with E-state index in [1.165, 1.54) is 4.90 Å². The third kappa shape index (κ3) is 5.10. The molecule has 1 unspecified atom stereocenters. The van der Waals surface area contributed by atoms with Crippen molar-refractivity contribution in [1.82, 2.24) is 4.98 Å². The number of fused-ring (bicyclic) bond motifs is 1. The summed E-state index contributed by atoms with van der Waals surface area (Å²) in [6, 6.07) is 25.4. The van der Waals surface area contributed by atoms with Gasteiger partial charge in [-0.05, 0) is 30.7 Å². The number of esters is 1. The molecule has 1 aliphatic heterocycles. The minimum Gasteiger partial charge on any atom is -0.479 e. The molecule has 0 saturated heterocycles. The van der Waals surface area contributed by atoms with E-state index in [4.69, 9.17) is 14.5 Å². The summed E-state index contributed by atoms with van der Waals surface area (Å²) in [5.74, 6) is -0.186. The topological polar surface area (TPSA) is 68.7 Å². The van der Waals surface area contributed by atoms with E-state index in [-0.39, 0.29) is 19.1 Å². The number of ether oxygens (including phenoxy) is 2. The van der Waals surface area contributed by atoms with Crippen LogP contribution in [0.4, 0.5) is 5.69 Å². The van der Waals surface area contributed by atoms with E-state index in [0.29, 0.717) is 17.9 Å². The predicted molar refractivity (Wildman–Crippen MR) is 137 cm³/mol. The molecule has 1 amide bonds. The minimum absolute atomic E-state index is 0.176. The molecule has 1 atom stereocenters. The van der Waals surface area contributed by atoms with Crippen molar-refractivity contribution >= 4 is 28.9 Å². The first-order chi connectivity index (χ1) is 17.1. The predicted octanol–water partition coefficient (Wildman–Crippen LogP) is 5.38. The Bertz CT molecular complexity index is 1340. The molecule has 0 bridgehead atoms. The third-order valence-corrected chi connectivity index (χ3v) is 6.66. The standard InChI is InChI=1S/C28H24N2O4S/c1-19-28(32)30(17-26(31)33-15-14-20-8-4-2-5-9-20)24-16-22(12-13-25(24)34-19)23-18-35-27(29-23)21-10-6-3-7-11-21/h2-13,16,18-19H,14-15,17H2,1H3. The molecule has 7 heteroatoms. The highest BCUT2D eigenvalue weighted by molar-refractivity contribution is 7.13. The van der Waals surface area contributed by atoms with Crippen LogP contribution < -0.4 is 9.64 Å². The fourth-order valence-corrected chi connectivity index (χ4v) is 4.79. The number of amides is 1. The fourth-order valence-electron chi connectivity index (χ4n) is 3.95. The van der Waals surface area contributed by atoms with Crippen LogP contribution in [0.1, 0.15) is 12.5 Å². The van der Waals surface area contributed by atoms with Gasteiger partial charge in [0.25, 0.3) is 5.91 Å². The van der Waals surface area contributed by atoms with E-state index in [2.05, 4.69) is 0 Å². The van der Waals surface area contributed by atoms with Crippen LogP contribution in [-0.2, 0) is 20.7 Å². The Morgan fingerprint density at radius 1 is 1.03 bits per heavy atom. The van der Waals surface area contributed by atoms with Crippen molar-refractivity contribution in [2.45, 2.75) is 19.4 Å². The highest BCUT2D eigenvalue weighted by Crippen LogP contribution is 2.38. The quantitative estimate of drug-likeness (QED) is 0.330. The fraction of sp³-hybridized carbons (Fsp3) is 0.179. The Balaban J connectivity index is 1.34. The smallest absolute Gasteiger partial charge is 0.326 e. The molecule has 0 aliphatic carbocycles. The number of thiazole rings is 1. The van der Waals surface area contributed by atoms with Crippen LogP contribution in [0.15, 0.2) is 84.2 Å². The maximum Gasteiger partial charge on any atom is 0.326 e. The highest BCUT2D eigenvalue weighted by Gasteiger charge is 2.33. The van der Waals surface area contributed by atoms with Gasteiger partial charge in [0, 0.05) is 22.9 Å². The number of aromatic nitrogens is 1. The zero-order valence-corrected chi connectivity index (χ0v) is 20.0. The summed E-state index contributed by atoms with van der Waals surface area (Å²) < 4.78 is 11.2. The van der Waals surface area contributed by atoms with E-state index in [1.54, 1.807) is 18.3 Å². The number of rotatable bonds is 7. The van der Waals surface area contributed by atoms with Gasteiger partial charge < -0.3 is 9.47 Å². The Morgan fingerprint density at radius 3 is 2.54 bits per heavy atom. The Kier molecular flexibility index (Phi) is 6.59. The van der Waals surface area contributed by atoms with Gasteiger partial charge in [0.15, 0.2) is 6.10 Å². The lowest BCUT2D eigenvalue weighted by Crippen LogP contribution is -2.47. The lowest BCUT2D eigenvalue weighted by atomic mass is 10.1. The molecule has 176 valence electrons. The van der Waals surface area contributed by atoms with Gasteiger partial charge in [-0.25, -0.2) is 4.98 Å². The van der Waals surface area contributed by atoms with E-state index in [0.717, 1.165) is 27.4 Å². The second kappa shape index (κ2) is 10.1. The Labute approximate surface area is 207 Å². The first-order valence-electron chi connectivity index (χ1n) is 11.4. The van der Waals surface area contributed by atoms with E-state index in [1.807, 2.05) is 84.2 Å². The molecule has 35 heavy (non-hydrogen) atoms. The number of anilines is 1.